The standard InChI is InChI=1S/C13H27NO3/c1-5-12(6-2)14(10-11-16-3)9-7-8-13(15)17-4/h12H,5-11H2,1-4H3. The number of hydrogen-bond donors (Lipinski definition) is 0. The SMILES string of the molecule is CCC(CC)N(CCCC(=O)OC)CCOC. The fraction of sp³-hybridized carbons (Fsp3) is 0.923. The number of rotatable bonds is 10. The van der Waals surface area contributed by atoms with Gasteiger partial charge in [-0.25, -0.2) is 0 Å². The van der Waals surface area contributed by atoms with E-state index in [0.29, 0.717) is 12.5 Å². The maximum absolute atomic E-state index is 11.1. The highest BCUT2D eigenvalue weighted by molar-refractivity contribution is 5.69. The maximum atomic E-state index is 11.1. The second kappa shape index (κ2) is 10.5. The van der Waals surface area contributed by atoms with E-state index in [4.69, 9.17) is 4.74 Å². The average molecular weight is 245 g/mol. The molecule has 17 heavy (non-hydrogen) atoms. The Labute approximate surface area is 105 Å². The number of nitrogens with zero attached hydrogens (tertiary/aromatic N) is 1. The molecule has 4 nitrogen and oxygen atoms in total. The molecule has 0 aliphatic carbocycles. The molecule has 0 aromatic rings. The molecule has 0 unspecified atom stereocenters. The van der Waals surface area contributed by atoms with Crippen LogP contribution in [0, 0.1) is 0 Å². The van der Waals surface area contributed by atoms with E-state index in [-0.39, 0.29) is 5.97 Å². The molecule has 0 saturated carbocycles. The summed E-state index contributed by atoms with van der Waals surface area (Å²) >= 11 is 0. The van der Waals surface area contributed by atoms with Gasteiger partial charge in [0.2, 0.25) is 0 Å². The van der Waals surface area contributed by atoms with E-state index < -0.39 is 0 Å². The van der Waals surface area contributed by atoms with Gasteiger partial charge in [0.15, 0.2) is 0 Å². The summed E-state index contributed by atoms with van der Waals surface area (Å²) in [5.74, 6) is -0.124. The highest BCUT2D eigenvalue weighted by atomic mass is 16.5. The summed E-state index contributed by atoms with van der Waals surface area (Å²) in [6, 6.07) is 0.586. The molecule has 0 saturated heterocycles. The second-order valence-electron chi connectivity index (χ2n) is 4.18. The molecule has 0 amide bonds. The smallest absolute Gasteiger partial charge is 0.305 e. The Hall–Kier alpha value is -0.610. The Bertz CT molecular complexity index is 193. The molecule has 0 fully saturated rings. The van der Waals surface area contributed by atoms with Crippen molar-refractivity contribution in [2.75, 3.05) is 33.9 Å². The maximum Gasteiger partial charge on any atom is 0.305 e. The van der Waals surface area contributed by atoms with E-state index in [1.165, 1.54) is 7.11 Å². The fourth-order valence-corrected chi connectivity index (χ4v) is 2.02. The predicted octanol–water partition coefficient (Wildman–Crippen LogP) is 2.08. The van der Waals surface area contributed by atoms with E-state index in [1.807, 2.05) is 0 Å². The lowest BCUT2D eigenvalue weighted by molar-refractivity contribution is -0.140. The summed E-state index contributed by atoms with van der Waals surface area (Å²) in [6.07, 6.45) is 3.63. The molecule has 0 spiro atoms. The molecule has 0 aliphatic rings. The third-order valence-electron chi connectivity index (χ3n) is 3.10. The predicted molar refractivity (Wildman–Crippen MR) is 69.1 cm³/mol. The van der Waals surface area contributed by atoms with Crippen molar-refractivity contribution in [1.82, 2.24) is 4.90 Å². The van der Waals surface area contributed by atoms with Gasteiger partial charge in [-0.3, -0.25) is 9.69 Å². The van der Waals surface area contributed by atoms with Crippen molar-refractivity contribution in [2.45, 2.75) is 45.6 Å². The topological polar surface area (TPSA) is 38.8 Å². The van der Waals surface area contributed by atoms with E-state index >= 15 is 0 Å². The van der Waals surface area contributed by atoms with Crippen molar-refractivity contribution in [3.8, 4) is 0 Å². The van der Waals surface area contributed by atoms with Crippen LogP contribution in [0.2, 0.25) is 0 Å². The van der Waals surface area contributed by atoms with Gasteiger partial charge >= 0.3 is 5.97 Å². The van der Waals surface area contributed by atoms with E-state index in [0.717, 1.165) is 39.0 Å². The molecule has 0 aromatic carbocycles. The first kappa shape index (κ1) is 16.4. The molecule has 0 bridgehead atoms. The molecular formula is C13H27NO3. The Morgan fingerprint density at radius 3 is 2.29 bits per heavy atom. The highest BCUT2D eigenvalue weighted by Crippen LogP contribution is 2.10. The quantitative estimate of drug-likeness (QED) is 0.552. The monoisotopic (exact) mass is 245 g/mol. The lowest BCUT2D eigenvalue weighted by Gasteiger charge is -2.30. The molecular weight excluding hydrogens is 218 g/mol. The lowest BCUT2D eigenvalue weighted by Crippen LogP contribution is -2.37. The van der Waals surface area contributed by atoms with Crippen LogP contribution in [-0.2, 0) is 14.3 Å². The van der Waals surface area contributed by atoms with Crippen LogP contribution in [0.15, 0.2) is 0 Å². The third kappa shape index (κ3) is 7.34. The Morgan fingerprint density at radius 2 is 1.82 bits per heavy atom. The minimum Gasteiger partial charge on any atom is -0.469 e. The van der Waals surface area contributed by atoms with Crippen LogP contribution in [0.3, 0.4) is 0 Å². The van der Waals surface area contributed by atoms with E-state index in [2.05, 4.69) is 23.5 Å². The number of ether oxygens (including phenoxy) is 2. The van der Waals surface area contributed by atoms with Crippen molar-refractivity contribution in [3.63, 3.8) is 0 Å². The highest BCUT2D eigenvalue weighted by Gasteiger charge is 2.14. The van der Waals surface area contributed by atoms with Gasteiger partial charge in [0, 0.05) is 26.1 Å². The fourth-order valence-electron chi connectivity index (χ4n) is 2.02. The summed E-state index contributed by atoms with van der Waals surface area (Å²) < 4.78 is 9.77. The average Bonchev–Trinajstić information content (AvgIpc) is 2.36. The zero-order valence-corrected chi connectivity index (χ0v) is 11.7. The number of esters is 1. The van der Waals surface area contributed by atoms with Crippen molar-refractivity contribution in [1.29, 1.82) is 0 Å². The van der Waals surface area contributed by atoms with Crippen LogP contribution in [0.25, 0.3) is 0 Å². The van der Waals surface area contributed by atoms with E-state index in [1.54, 1.807) is 7.11 Å². The van der Waals surface area contributed by atoms with Crippen molar-refractivity contribution < 1.29 is 14.3 Å². The molecule has 0 aliphatic heterocycles. The molecule has 0 radical (unpaired) electrons. The first-order valence-corrected chi connectivity index (χ1v) is 6.49. The first-order chi connectivity index (χ1) is 8.19. The number of carbonyl (C=O) groups is 1. The summed E-state index contributed by atoms with van der Waals surface area (Å²) in [6.45, 7) is 7.02. The summed E-state index contributed by atoms with van der Waals surface area (Å²) in [5.41, 5.74) is 0. The normalized spacial score (nSPS) is 11.2. The minimum atomic E-state index is -0.124. The van der Waals surface area contributed by atoms with Crippen LogP contribution in [-0.4, -0.2) is 50.8 Å². The number of carbonyl (C=O) groups excluding carboxylic acids is 1. The molecule has 102 valence electrons. The molecule has 0 N–H and O–H groups in total. The minimum absolute atomic E-state index is 0.124. The van der Waals surface area contributed by atoms with Gasteiger partial charge in [-0.05, 0) is 25.8 Å². The van der Waals surface area contributed by atoms with Crippen molar-refractivity contribution in [2.24, 2.45) is 0 Å². The summed E-state index contributed by atoms with van der Waals surface area (Å²) in [4.78, 5) is 13.5. The van der Waals surface area contributed by atoms with Gasteiger partial charge in [0.25, 0.3) is 0 Å². The van der Waals surface area contributed by atoms with E-state index in [9.17, 15) is 4.79 Å². The van der Waals surface area contributed by atoms with Crippen LogP contribution >= 0.6 is 0 Å². The van der Waals surface area contributed by atoms with Crippen LogP contribution in [0.1, 0.15) is 39.5 Å². The number of hydrogen-bond acceptors (Lipinski definition) is 4. The van der Waals surface area contributed by atoms with Crippen LogP contribution in [0.5, 0.6) is 0 Å². The van der Waals surface area contributed by atoms with Gasteiger partial charge in [0.05, 0.1) is 13.7 Å². The van der Waals surface area contributed by atoms with Crippen LogP contribution in [0.4, 0.5) is 0 Å². The lowest BCUT2D eigenvalue weighted by atomic mass is 10.1. The number of methoxy groups -OCH3 is 2. The van der Waals surface area contributed by atoms with Gasteiger partial charge in [-0.1, -0.05) is 13.8 Å². The first-order valence-electron chi connectivity index (χ1n) is 6.49. The van der Waals surface area contributed by atoms with Crippen molar-refractivity contribution in [3.05, 3.63) is 0 Å². The molecule has 0 atom stereocenters. The summed E-state index contributed by atoms with van der Waals surface area (Å²) in [7, 11) is 3.16. The molecule has 4 heteroatoms. The Kier molecular flexibility index (Phi) is 10.2. The third-order valence-corrected chi connectivity index (χ3v) is 3.10. The second-order valence-corrected chi connectivity index (χ2v) is 4.18. The van der Waals surface area contributed by atoms with Gasteiger partial charge in [0.1, 0.15) is 0 Å². The Morgan fingerprint density at radius 1 is 1.18 bits per heavy atom. The van der Waals surface area contributed by atoms with Gasteiger partial charge < -0.3 is 9.47 Å². The largest absolute Gasteiger partial charge is 0.469 e. The van der Waals surface area contributed by atoms with Gasteiger partial charge in [-0.15, -0.1) is 0 Å². The van der Waals surface area contributed by atoms with Gasteiger partial charge in [-0.2, -0.15) is 0 Å². The molecule has 0 rings (SSSR count). The molecule has 0 heterocycles. The van der Waals surface area contributed by atoms with Crippen molar-refractivity contribution >= 4 is 5.97 Å². The Balaban J connectivity index is 4.04. The summed E-state index contributed by atoms with van der Waals surface area (Å²) in [5, 5.41) is 0. The van der Waals surface area contributed by atoms with Crippen LogP contribution < -0.4 is 0 Å². The zero-order chi connectivity index (χ0) is 13.1. The zero-order valence-electron chi connectivity index (χ0n) is 11.7. The molecule has 0 aromatic heterocycles.